The fraction of sp³-hybridized carbons (Fsp3) is 0.484. The van der Waals surface area contributed by atoms with Crippen molar-refractivity contribution in [3.63, 3.8) is 0 Å². The fourth-order valence-corrected chi connectivity index (χ4v) is 6.30. The molecule has 0 unspecified atom stereocenters. The number of hydrogen-bond donors (Lipinski definition) is 4. The first-order valence-corrected chi connectivity index (χ1v) is 14.9. The third kappa shape index (κ3) is 5.84. The number of carbonyl (C=O) groups excluding carboxylic acids is 1. The van der Waals surface area contributed by atoms with Crippen molar-refractivity contribution < 1.29 is 9.32 Å². The zero-order valence-electron chi connectivity index (χ0n) is 24.9. The van der Waals surface area contributed by atoms with Gasteiger partial charge >= 0.3 is 6.03 Å². The number of urea groups is 1. The van der Waals surface area contributed by atoms with Crippen LogP contribution in [0.25, 0.3) is 22.2 Å². The molecular formula is C31H41N9O2. The number of carbonyl (C=O) groups is 1. The Morgan fingerprint density at radius 3 is 2.50 bits per heavy atom. The molecule has 1 aliphatic carbocycles. The normalized spacial score (nSPS) is 21.9. The molecule has 42 heavy (non-hydrogen) atoms. The molecule has 4 aromatic rings. The van der Waals surface area contributed by atoms with Gasteiger partial charge in [0.15, 0.2) is 5.82 Å². The van der Waals surface area contributed by atoms with E-state index in [-0.39, 0.29) is 5.41 Å². The summed E-state index contributed by atoms with van der Waals surface area (Å²) in [5.41, 5.74) is 9.73. The lowest BCUT2D eigenvalue weighted by Gasteiger charge is -2.41. The Labute approximate surface area is 246 Å². The van der Waals surface area contributed by atoms with Gasteiger partial charge in [0.2, 0.25) is 0 Å². The number of nitrogens with two attached hydrogens (primary N) is 1. The van der Waals surface area contributed by atoms with Crippen molar-refractivity contribution in [2.24, 2.45) is 0 Å². The first kappa shape index (κ1) is 28.2. The number of rotatable bonds is 5. The van der Waals surface area contributed by atoms with E-state index in [1.165, 1.54) is 12.8 Å². The van der Waals surface area contributed by atoms with E-state index in [4.69, 9.17) is 10.3 Å². The SMILES string of the molecule is C[C@H]1CN([C@H]2CC[C@@H](n3cc(-c4ccc(NC(=O)Nc5cc(C(C)(C)C)on5)cc4)c4c(N)ncnc43)CC2)CCN1. The molecule has 11 nitrogen and oxygen atoms in total. The summed E-state index contributed by atoms with van der Waals surface area (Å²) in [6, 6.07) is 10.6. The molecule has 2 aliphatic rings. The minimum Gasteiger partial charge on any atom is -0.383 e. The third-order valence-electron chi connectivity index (χ3n) is 8.56. The number of aromatic nitrogens is 4. The molecule has 5 N–H and O–H groups in total. The lowest BCUT2D eigenvalue weighted by molar-refractivity contribution is 0.107. The second-order valence-electron chi connectivity index (χ2n) is 12.7. The number of nitrogens with zero attached hydrogens (tertiary/aromatic N) is 5. The predicted octanol–water partition coefficient (Wildman–Crippen LogP) is 5.39. The molecule has 11 heteroatoms. The Morgan fingerprint density at radius 2 is 1.81 bits per heavy atom. The largest absolute Gasteiger partial charge is 0.383 e. The molecule has 1 saturated carbocycles. The van der Waals surface area contributed by atoms with Crippen LogP contribution in [0.15, 0.2) is 47.4 Å². The molecule has 2 fully saturated rings. The summed E-state index contributed by atoms with van der Waals surface area (Å²) in [6.45, 7) is 11.7. The van der Waals surface area contributed by atoms with Crippen LogP contribution in [0.1, 0.15) is 65.2 Å². The summed E-state index contributed by atoms with van der Waals surface area (Å²) in [4.78, 5) is 24.2. The van der Waals surface area contributed by atoms with E-state index in [0.717, 1.165) is 54.6 Å². The van der Waals surface area contributed by atoms with E-state index < -0.39 is 6.03 Å². The van der Waals surface area contributed by atoms with Gasteiger partial charge in [0, 0.05) is 66.7 Å². The van der Waals surface area contributed by atoms with Gasteiger partial charge in [-0.15, -0.1) is 0 Å². The van der Waals surface area contributed by atoms with Crippen LogP contribution in [0, 0.1) is 0 Å². The number of amides is 2. The Balaban J connectivity index is 1.16. The topological polar surface area (TPSA) is 139 Å². The highest BCUT2D eigenvalue weighted by Gasteiger charge is 2.30. The molecule has 222 valence electrons. The van der Waals surface area contributed by atoms with Crippen molar-refractivity contribution in [3.05, 3.63) is 48.6 Å². The highest BCUT2D eigenvalue weighted by atomic mass is 16.5. The zero-order valence-corrected chi connectivity index (χ0v) is 24.9. The number of nitrogens with one attached hydrogen (secondary N) is 3. The van der Waals surface area contributed by atoms with E-state index >= 15 is 0 Å². The van der Waals surface area contributed by atoms with Crippen LogP contribution >= 0.6 is 0 Å². The summed E-state index contributed by atoms with van der Waals surface area (Å²) >= 11 is 0. The molecule has 1 aromatic carbocycles. The molecule has 0 spiro atoms. The Morgan fingerprint density at radius 1 is 1.07 bits per heavy atom. The van der Waals surface area contributed by atoms with Crippen LogP contribution in [-0.4, -0.2) is 62.3 Å². The zero-order chi connectivity index (χ0) is 29.4. The van der Waals surface area contributed by atoms with Gasteiger partial charge in [0.25, 0.3) is 0 Å². The Hall–Kier alpha value is -3.96. The molecule has 1 aliphatic heterocycles. The van der Waals surface area contributed by atoms with Crippen LogP contribution in [-0.2, 0) is 5.41 Å². The molecular weight excluding hydrogens is 530 g/mol. The number of nitrogen functional groups attached to an aromatic ring is 1. The van der Waals surface area contributed by atoms with Gasteiger partial charge in [-0.1, -0.05) is 38.1 Å². The minimum absolute atomic E-state index is 0.194. The van der Waals surface area contributed by atoms with Gasteiger partial charge in [-0.2, -0.15) is 0 Å². The summed E-state index contributed by atoms with van der Waals surface area (Å²) in [5.74, 6) is 1.54. The molecule has 3 aromatic heterocycles. The standard InChI is InChI=1S/C31H41N9O2/c1-19-16-39(14-13-33-19)22-9-11-23(12-10-22)40-17-24(27-28(32)34-18-35-29(27)40)20-5-7-21(8-6-20)36-30(41)37-26-15-25(42-38-26)31(2,3)4/h5-8,15,17-19,22-23,33H,9-14,16H2,1-4H3,(H2,32,34,35)(H2,36,37,38,41)/t19-,22-,23+/m0/s1. The first-order chi connectivity index (χ1) is 20.2. The van der Waals surface area contributed by atoms with Gasteiger partial charge in [-0.25, -0.2) is 14.8 Å². The van der Waals surface area contributed by atoms with Crippen molar-refractivity contribution in [3.8, 4) is 11.1 Å². The van der Waals surface area contributed by atoms with Crippen LogP contribution < -0.4 is 21.7 Å². The summed E-state index contributed by atoms with van der Waals surface area (Å²) < 4.78 is 7.66. The van der Waals surface area contributed by atoms with Crippen LogP contribution in [0.5, 0.6) is 0 Å². The first-order valence-electron chi connectivity index (χ1n) is 14.9. The smallest absolute Gasteiger partial charge is 0.324 e. The molecule has 4 heterocycles. The fourth-order valence-electron chi connectivity index (χ4n) is 6.30. The summed E-state index contributed by atoms with van der Waals surface area (Å²) in [5, 5.41) is 14.0. The van der Waals surface area contributed by atoms with Crippen molar-refractivity contribution in [1.82, 2.24) is 29.9 Å². The number of hydrogen-bond acceptors (Lipinski definition) is 8. The second kappa shape index (κ2) is 11.4. The van der Waals surface area contributed by atoms with Gasteiger partial charge < -0.3 is 25.5 Å². The maximum Gasteiger partial charge on any atom is 0.324 e. The van der Waals surface area contributed by atoms with Gasteiger partial charge in [0.05, 0.1) is 5.39 Å². The van der Waals surface area contributed by atoms with E-state index in [1.54, 1.807) is 12.4 Å². The highest BCUT2D eigenvalue weighted by molar-refractivity contribution is 6.02. The van der Waals surface area contributed by atoms with Gasteiger partial charge in [-0.05, 0) is 50.3 Å². The predicted molar refractivity (Wildman–Crippen MR) is 166 cm³/mol. The summed E-state index contributed by atoms with van der Waals surface area (Å²) in [6.07, 6.45) is 8.31. The number of benzene rings is 1. The van der Waals surface area contributed by atoms with E-state index in [2.05, 4.69) is 53.7 Å². The van der Waals surface area contributed by atoms with Crippen LogP contribution in [0.2, 0.25) is 0 Å². The quantitative estimate of drug-likeness (QED) is 0.250. The Bertz CT molecular complexity index is 1540. The second-order valence-corrected chi connectivity index (χ2v) is 12.7. The molecule has 1 atom stereocenters. The average molecular weight is 572 g/mol. The maximum atomic E-state index is 12.6. The van der Waals surface area contributed by atoms with Crippen LogP contribution in [0.4, 0.5) is 22.1 Å². The third-order valence-corrected chi connectivity index (χ3v) is 8.56. The lowest BCUT2D eigenvalue weighted by atomic mass is 9.89. The van der Waals surface area contributed by atoms with E-state index in [9.17, 15) is 4.79 Å². The van der Waals surface area contributed by atoms with Crippen molar-refractivity contribution in [2.75, 3.05) is 36.0 Å². The summed E-state index contributed by atoms with van der Waals surface area (Å²) in [7, 11) is 0. The monoisotopic (exact) mass is 571 g/mol. The van der Waals surface area contributed by atoms with Gasteiger partial charge in [0.1, 0.15) is 23.6 Å². The molecule has 1 saturated heterocycles. The number of anilines is 3. The van der Waals surface area contributed by atoms with Crippen molar-refractivity contribution in [1.29, 1.82) is 0 Å². The minimum atomic E-state index is -0.392. The maximum absolute atomic E-state index is 12.6. The lowest BCUT2D eigenvalue weighted by Crippen LogP contribution is -2.53. The Kier molecular flexibility index (Phi) is 7.63. The van der Waals surface area contributed by atoms with Crippen molar-refractivity contribution in [2.45, 2.75) is 76.9 Å². The van der Waals surface area contributed by atoms with Crippen LogP contribution in [0.3, 0.4) is 0 Å². The van der Waals surface area contributed by atoms with Gasteiger partial charge in [-0.3, -0.25) is 10.2 Å². The van der Waals surface area contributed by atoms with E-state index in [1.807, 2.05) is 45.0 Å². The highest BCUT2D eigenvalue weighted by Crippen LogP contribution is 2.39. The van der Waals surface area contributed by atoms with Crippen molar-refractivity contribution >= 4 is 34.4 Å². The molecule has 2 amide bonds. The molecule has 0 radical (unpaired) electrons. The average Bonchev–Trinajstić information content (AvgIpc) is 3.60. The van der Waals surface area contributed by atoms with E-state index in [0.29, 0.717) is 41.2 Å². The molecule has 0 bridgehead atoms. The number of fused-ring (bicyclic) bond motifs is 1. The molecule has 6 rings (SSSR count). The number of piperazine rings is 1.